The standard InChI is InChI=1S/C20H18BrN5O2/c1-24-17-9-15(16(21)10-18(17)25(2)20(24)28)19(27)23-11-13-3-5-14(6-4-13)26-8-7-22-12-26/h3-10,12H,11H2,1-2H3,(H,23,27). The number of halogens is 1. The van der Waals surface area contributed by atoms with Gasteiger partial charge in [0, 0.05) is 43.2 Å². The number of benzene rings is 2. The Morgan fingerprint density at radius 1 is 1.11 bits per heavy atom. The van der Waals surface area contributed by atoms with Crippen LogP contribution in [0.3, 0.4) is 0 Å². The van der Waals surface area contributed by atoms with Gasteiger partial charge in [-0.1, -0.05) is 12.1 Å². The second-order valence-electron chi connectivity index (χ2n) is 6.54. The van der Waals surface area contributed by atoms with Gasteiger partial charge in [0.15, 0.2) is 0 Å². The van der Waals surface area contributed by atoms with Crippen LogP contribution in [0, 0.1) is 0 Å². The predicted molar refractivity (Wildman–Crippen MR) is 111 cm³/mol. The third kappa shape index (κ3) is 3.16. The minimum absolute atomic E-state index is 0.127. The van der Waals surface area contributed by atoms with Crippen molar-refractivity contribution in [3.8, 4) is 5.69 Å². The van der Waals surface area contributed by atoms with Gasteiger partial charge >= 0.3 is 5.69 Å². The maximum atomic E-state index is 12.7. The number of fused-ring (bicyclic) bond motifs is 1. The second kappa shape index (κ2) is 7.12. The van der Waals surface area contributed by atoms with Crippen LogP contribution in [0.15, 0.2) is 64.4 Å². The van der Waals surface area contributed by atoms with E-state index in [4.69, 9.17) is 0 Å². The highest BCUT2D eigenvalue weighted by Crippen LogP contribution is 2.23. The van der Waals surface area contributed by atoms with E-state index in [1.807, 2.05) is 35.0 Å². The smallest absolute Gasteiger partial charge is 0.328 e. The molecule has 0 aliphatic heterocycles. The lowest BCUT2D eigenvalue weighted by molar-refractivity contribution is 0.0950. The number of amides is 1. The highest BCUT2D eigenvalue weighted by molar-refractivity contribution is 9.10. The molecular formula is C20H18BrN5O2. The van der Waals surface area contributed by atoms with E-state index in [2.05, 4.69) is 26.2 Å². The molecule has 0 fully saturated rings. The van der Waals surface area contributed by atoms with Crippen molar-refractivity contribution >= 4 is 32.9 Å². The highest BCUT2D eigenvalue weighted by atomic mass is 79.9. The van der Waals surface area contributed by atoms with Gasteiger partial charge in [-0.25, -0.2) is 9.78 Å². The molecule has 0 radical (unpaired) electrons. The average Bonchev–Trinajstić information content (AvgIpc) is 3.31. The molecule has 0 saturated heterocycles. The quantitative estimate of drug-likeness (QED) is 0.531. The van der Waals surface area contributed by atoms with Crippen LogP contribution in [-0.2, 0) is 20.6 Å². The molecule has 4 rings (SSSR count). The van der Waals surface area contributed by atoms with Crippen LogP contribution in [0.4, 0.5) is 0 Å². The number of carbonyl (C=O) groups excluding carboxylic acids is 1. The van der Waals surface area contributed by atoms with E-state index in [-0.39, 0.29) is 11.6 Å². The largest absolute Gasteiger partial charge is 0.348 e. The summed E-state index contributed by atoms with van der Waals surface area (Å²) in [5.74, 6) is -0.205. The van der Waals surface area contributed by atoms with Gasteiger partial charge in [-0.15, -0.1) is 0 Å². The Kier molecular flexibility index (Phi) is 4.64. The maximum Gasteiger partial charge on any atom is 0.328 e. The summed E-state index contributed by atoms with van der Waals surface area (Å²) in [6, 6.07) is 11.4. The molecule has 0 atom stereocenters. The summed E-state index contributed by atoms with van der Waals surface area (Å²) in [5, 5.41) is 2.93. The molecular weight excluding hydrogens is 422 g/mol. The molecule has 2 heterocycles. The van der Waals surface area contributed by atoms with Gasteiger partial charge in [0.05, 0.1) is 22.9 Å². The molecule has 0 aliphatic carbocycles. The Morgan fingerprint density at radius 2 is 1.79 bits per heavy atom. The van der Waals surface area contributed by atoms with Crippen LogP contribution < -0.4 is 11.0 Å². The molecule has 1 amide bonds. The molecule has 8 heteroatoms. The first-order valence-corrected chi connectivity index (χ1v) is 9.45. The van der Waals surface area contributed by atoms with E-state index in [1.165, 1.54) is 4.57 Å². The van der Waals surface area contributed by atoms with Crippen molar-refractivity contribution in [1.29, 1.82) is 0 Å². The molecule has 0 unspecified atom stereocenters. The van der Waals surface area contributed by atoms with Crippen molar-refractivity contribution in [3.05, 3.63) is 81.2 Å². The number of nitrogens with one attached hydrogen (secondary N) is 1. The van der Waals surface area contributed by atoms with Gasteiger partial charge in [-0.3, -0.25) is 13.9 Å². The minimum Gasteiger partial charge on any atom is -0.348 e. The summed E-state index contributed by atoms with van der Waals surface area (Å²) < 4.78 is 5.66. The summed E-state index contributed by atoms with van der Waals surface area (Å²) in [6.07, 6.45) is 5.34. The number of nitrogens with zero attached hydrogens (tertiary/aromatic N) is 4. The molecule has 28 heavy (non-hydrogen) atoms. The summed E-state index contributed by atoms with van der Waals surface area (Å²) in [5.41, 5.74) is 3.84. The van der Waals surface area contributed by atoms with Crippen molar-refractivity contribution in [2.24, 2.45) is 14.1 Å². The molecule has 0 aliphatic rings. The topological polar surface area (TPSA) is 73.8 Å². The lowest BCUT2D eigenvalue weighted by Gasteiger charge is -2.09. The fourth-order valence-electron chi connectivity index (χ4n) is 3.17. The molecule has 0 saturated carbocycles. The number of aryl methyl sites for hydroxylation is 2. The molecule has 0 bridgehead atoms. The van der Waals surface area contributed by atoms with Crippen molar-refractivity contribution in [2.45, 2.75) is 6.54 Å². The van der Waals surface area contributed by atoms with E-state index >= 15 is 0 Å². The van der Waals surface area contributed by atoms with E-state index < -0.39 is 0 Å². The van der Waals surface area contributed by atoms with Crippen LogP contribution in [0.2, 0.25) is 0 Å². The fourth-order valence-corrected chi connectivity index (χ4v) is 3.68. The molecule has 0 spiro atoms. The van der Waals surface area contributed by atoms with Crippen molar-refractivity contribution < 1.29 is 4.79 Å². The van der Waals surface area contributed by atoms with Crippen LogP contribution in [0.5, 0.6) is 0 Å². The zero-order valence-corrected chi connectivity index (χ0v) is 17.0. The Labute approximate surface area is 169 Å². The van der Waals surface area contributed by atoms with Gasteiger partial charge in [-0.2, -0.15) is 0 Å². The lowest BCUT2D eigenvalue weighted by atomic mass is 10.1. The summed E-state index contributed by atoms with van der Waals surface area (Å²) in [6.45, 7) is 0.404. The first kappa shape index (κ1) is 18.2. The van der Waals surface area contributed by atoms with Gasteiger partial charge in [0.1, 0.15) is 0 Å². The number of imidazole rings is 2. The fraction of sp³-hybridized carbons (Fsp3) is 0.150. The summed E-state index contributed by atoms with van der Waals surface area (Å²) in [4.78, 5) is 28.8. The van der Waals surface area contributed by atoms with Crippen LogP contribution in [-0.4, -0.2) is 24.6 Å². The molecule has 7 nitrogen and oxygen atoms in total. The number of hydrogen-bond acceptors (Lipinski definition) is 3. The number of rotatable bonds is 4. The van der Waals surface area contributed by atoms with Crippen LogP contribution >= 0.6 is 15.9 Å². The number of aromatic nitrogens is 4. The SMILES string of the molecule is Cn1c(=O)n(C)c2cc(C(=O)NCc3ccc(-n4ccnc4)cc3)c(Br)cc21. The zero-order chi connectivity index (χ0) is 19.8. The second-order valence-corrected chi connectivity index (χ2v) is 7.39. The van der Waals surface area contributed by atoms with Gasteiger partial charge in [0.2, 0.25) is 0 Å². The number of carbonyl (C=O) groups is 1. The van der Waals surface area contributed by atoms with Crippen LogP contribution in [0.1, 0.15) is 15.9 Å². The third-order valence-corrected chi connectivity index (χ3v) is 5.45. The Morgan fingerprint density at radius 3 is 2.43 bits per heavy atom. The van der Waals surface area contributed by atoms with Crippen molar-refractivity contribution in [3.63, 3.8) is 0 Å². The van der Waals surface area contributed by atoms with E-state index in [0.717, 1.165) is 16.8 Å². The van der Waals surface area contributed by atoms with Gasteiger partial charge < -0.3 is 9.88 Å². The zero-order valence-electron chi connectivity index (χ0n) is 15.4. The normalized spacial score (nSPS) is 11.1. The summed E-state index contributed by atoms with van der Waals surface area (Å²) in [7, 11) is 3.41. The lowest BCUT2D eigenvalue weighted by Crippen LogP contribution is -2.23. The van der Waals surface area contributed by atoms with Gasteiger partial charge in [-0.05, 0) is 45.8 Å². The molecule has 2 aromatic heterocycles. The number of hydrogen-bond donors (Lipinski definition) is 1. The van der Waals surface area contributed by atoms with Gasteiger partial charge in [0.25, 0.3) is 5.91 Å². The predicted octanol–water partition coefficient (Wildman–Crippen LogP) is 2.76. The van der Waals surface area contributed by atoms with Crippen LogP contribution in [0.25, 0.3) is 16.7 Å². The summed E-state index contributed by atoms with van der Waals surface area (Å²) >= 11 is 3.45. The van der Waals surface area contributed by atoms with E-state index in [1.54, 1.807) is 43.3 Å². The molecule has 1 N–H and O–H groups in total. The minimum atomic E-state index is -0.205. The van der Waals surface area contributed by atoms with Crippen molar-refractivity contribution in [1.82, 2.24) is 24.0 Å². The molecule has 2 aromatic carbocycles. The molecule has 4 aromatic rings. The van der Waals surface area contributed by atoms with Crippen molar-refractivity contribution in [2.75, 3.05) is 0 Å². The first-order chi connectivity index (χ1) is 13.5. The third-order valence-electron chi connectivity index (χ3n) is 4.80. The van der Waals surface area contributed by atoms with E-state index in [0.29, 0.717) is 22.1 Å². The Balaban J connectivity index is 1.53. The first-order valence-electron chi connectivity index (χ1n) is 8.66. The monoisotopic (exact) mass is 439 g/mol. The maximum absolute atomic E-state index is 12.7. The van der Waals surface area contributed by atoms with E-state index in [9.17, 15) is 9.59 Å². The average molecular weight is 440 g/mol. The highest BCUT2D eigenvalue weighted by Gasteiger charge is 2.16. The Hall–Kier alpha value is -3.13. The Bertz CT molecular complexity index is 1220. The molecule has 142 valence electrons.